The number of H-pyrrole nitrogens is 1. The molecule has 0 radical (unpaired) electrons. The first kappa shape index (κ1) is 16.8. The average molecular weight is 340 g/mol. The highest BCUT2D eigenvalue weighted by atomic mass is 16.5. The lowest BCUT2D eigenvalue weighted by molar-refractivity contribution is 0.211. The zero-order valence-corrected chi connectivity index (χ0v) is 14.2. The van der Waals surface area contributed by atoms with E-state index >= 15 is 0 Å². The third-order valence-corrected chi connectivity index (χ3v) is 3.60. The molecule has 2 aromatic carbocycles. The van der Waals surface area contributed by atoms with Crippen LogP contribution in [0.2, 0.25) is 0 Å². The Hall–Kier alpha value is -3.06. The number of carbonyl (C=O) groups excluding carboxylic acids is 1. The van der Waals surface area contributed by atoms with Crippen LogP contribution in [0, 0.1) is 0 Å². The van der Waals surface area contributed by atoms with E-state index in [0.29, 0.717) is 23.7 Å². The third-order valence-electron chi connectivity index (χ3n) is 3.60. The molecule has 0 aliphatic heterocycles. The molecule has 1 heterocycles. The van der Waals surface area contributed by atoms with Gasteiger partial charge in [0.05, 0.1) is 5.52 Å². The molecule has 7 heteroatoms. The van der Waals surface area contributed by atoms with Crippen LogP contribution in [0.5, 0.6) is 11.5 Å². The minimum absolute atomic E-state index is 0.325. The second-order valence-corrected chi connectivity index (χ2v) is 5.84. The summed E-state index contributed by atoms with van der Waals surface area (Å²) in [7, 11) is 4.00. The highest BCUT2D eigenvalue weighted by Crippen LogP contribution is 2.28. The fourth-order valence-corrected chi connectivity index (χ4v) is 2.41. The zero-order chi connectivity index (χ0) is 17.8. The van der Waals surface area contributed by atoms with E-state index in [2.05, 4.69) is 14.9 Å². The lowest BCUT2D eigenvalue weighted by Gasteiger charge is -2.11. The number of primary amides is 1. The van der Waals surface area contributed by atoms with Gasteiger partial charge in [0.1, 0.15) is 23.7 Å². The number of aromatic amines is 1. The molecule has 3 aromatic rings. The van der Waals surface area contributed by atoms with Crippen LogP contribution in [0.25, 0.3) is 22.4 Å². The molecule has 0 aliphatic rings. The van der Waals surface area contributed by atoms with Gasteiger partial charge in [0.25, 0.3) is 0 Å². The van der Waals surface area contributed by atoms with Crippen LogP contribution in [0.4, 0.5) is 4.79 Å². The quantitative estimate of drug-likeness (QED) is 0.719. The topological polar surface area (TPSA) is 93.5 Å². The molecule has 130 valence electrons. The van der Waals surface area contributed by atoms with E-state index in [1.165, 1.54) is 0 Å². The Morgan fingerprint density at radius 3 is 2.80 bits per heavy atom. The fourth-order valence-electron chi connectivity index (χ4n) is 2.41. The summed E-state index contributed by atoms with van der Waals surface area (Å²) in [4.78, 5) is 20.8. The summed E-state index contributed by atoms with van der Waals surface area (Å²) in [6.45, 7) is 1.44. The number of hydrogen-bond donors (Lipinski definition) is 2. The highest BCUT2D eigenvalue weighted by Gasteiger charge is 2.12. The van der Waals surface area contributed by atoms with E-state index < -0.39 is 6.09 Å². The number of benzene rings is 2. The molecule has 3 rings (SSSR count). The summed E-state index contributed by atoms with van der Waals surface area (Å²) in [5.74, 6) is 1.76. The summed E-state index contributed by atoms with van der Waals surface area (Å²) >= 11 is 0. The van der Waals surface area contributed by atoms with Gasteiger partial charge in [0.15, 0.2) is 5.75 Å². The molecule has 0 saturated heterocycles. The van der Waals surface area contributed by atoms with Crippen molar-refractivity contribution in [1.82, 2.24) is 14.9 Å². The molecule has 0 fully saturated rings. The largest absolute Gasteiger partial charge is 0.492 e. The molecule has 25 heavy (non-hydrogen) atoms. The van der Waals surface area contributed by atoms with Crippen molar-refractivity contribution >= 4 is 17.1 Å². The Morgan fingerprint density at radius 2 is 2.04 bits per heavy atom. The normalized spacial score (nSPS) is 11.0. The van der Waals surface area contributed by atoms with Gasteiger partial charge in [-0.15, -0.1) is 0 Å². The summed E-state index contributed by atoms with van der Waals surface area (Å²) in [6, 6.07) is 12.9. The maximum absolute atomic E-state index is 11.0. The first-order chi connectivity index (χ1) is 12.0. The predicted octanol–water partition coefficient (Wildman–Crippen LogP) is 2.63. The van der Waals surface area contributed by atoms with Crippen molar-refractivity contribution in [3.8, 4) is 22.9 Å². The van der Waals surface area contributed by atoms with Crippen LogP contribution in [-0.2, 0) is 0 Å². The van der Waals surface area contributed by atoms with Crippen LogP contribution >= 0.6 is 0 Å². The van der Waals surface area contributed by atoms with Crippen molar-refractivity contribution in [3.63, 3.8) is 0 Å². The number of hydrogen-bond acceptors (Lipinski definition) is 5. The van der Waals surface area contributed by atoms with Gasteiger partial charge in [-0.25, -0.2) is 9.78 Å². The molecule has 1 aromatic heterocycles. The Kier molecular flexibility index (Phi) is 4.85. The number of nitrogens with one attached hydrogen (secondary N) is 1. The number of fused-ring (bicyclic) bond motifs is 1. The van der Waals surface area contributed by atoms with Crippen LogP contribution < -0.4 is 15.2 Å². The van der Waals surface area contributed by atoms with Crippen LogP contribution in [0.1, 0.15) is 0 Å². The van der Waals surface area contributed by atoms with Gasteiger partial charge in [0, 0.05) is 12.1 Å². The van der Waals surface area contributed by atoms with Crippen molar-refractivity contribution in [2.24, 2.45) is 5.73 Å². The number of likely N-dealkylation sites (N-methyl/N-ethyl adjacent to an activating group) is 1. The van der Waals surface area contributed by atoms with Crippen molar-refractivity contribution in [3.05, 3.63) is 42.5 Å². The number of carbonyl (C=O) groups is 1. The lowest BCUT2D eigenvalue weighted by Crippen LogP contribution is -2.19. The Bertz CT molecular complexity index is 889. The number of imidazole rings is 1. The summed E-state index contributed by atoms with van der Waals surface area (Å²) in [5.41, 5.74) is 7.29. The highest BCUT2D eigenvalue weighted by molar-refractivity contribution is 5.87. The minimum atomic E-state index is -0.867. The van der Waals surface area contributed by atoms with Gasteiger partial charge in [-0.05, 0) is 38.4 Å². The smallest absolute Gasteiger partial charge is 0.410 e. The number of nitrogens with zero attached hydrogens (tertiary/aromatic N) is 2. The van der Waals surface area contributed by atoms with Gasteiger partial charge in [-0.3, -0.25) is 0 Å². The average Bonchev–Trinajstić information content (AvgIpc) is 3.00. The van der Waals surface area contributed by atoms with Crippen LogP contribution in [0.15, 0.2) is 42.5 Å². The maximum Gasteiger partial charge on any atom is 0.410 e. The molecular formula is C18H20N4O3. The van der Waals surface area contributed by atoms with Gasteiger partial charge in [-0.2, -0.15) is 0 Å². The molecule has 0 aliphatic carbocycles. The molecule has 0 saturated carbocycles. The molecule has 0 unspecified atom stereocenters. The van der Waals surface area contributed by atoms with Crippen molar-refractivity contribution in [2.75, 3.05) is 27.2 Å². The first-order valence-corrected chi connectivity index (χ1v) is 7.87. The molecule has 1 amide bonds. The van der Waals surface area contributed by atoms with Crippen molar-refractivity contribution in [2.45, 2.75) is 0 Å². The number of para-hydroxylation sites is 1. The van der Waals surface area contributed by atoms with Gasteiger partial charge in [0.2, 0.25) is 0 Å². The molecule has 0 spiro atoms. The van der Waals surface area contributed by atoms with E-state index in [1.807, 2.05) is 44.4 Å². The van der Waals surface area contributed by atoms with E-state index in [-0.39, 0.29) is 0 Å². The fraction of sp³-hybridized carbons (Fsp3) is 0.222. The lowest BCUT2D eigenvalue weighted by atomic mass is 10.2. The van der Waals surface area contributed by atoms with Crippen LogP contribution in [0.3, 0.4) is 0 Å². The number of nitrogens with two attached hydrogens (primary N) is 1. The SMILES string of the molecule is CN(C)CCOc1cccc(-c2nc3c(OC(N)=O)cccc3[nH]2)c1. The second kappa shape index (κ2) is 7.23. The summed E-state index contributed by atoms with van der Waals surface area (Å²) < 4.78 is 10.8. The summed E-state index contributed by atoms with van der Waals surface area (Å²) in [6.07, 6.45) is -0.867. The number of rotatable bonds is 6. The minimum Gasteiger partial charge on any atom is -0.492 e. The van der Waals surface area contributed by atoms with E-state index in [1.54, 1.807) is 12.1 Å². The van der Waals surface area contributed by atoms with Gasteiger partial charge >= 0.3 is 6.09 Å². The summed E-state index contributed by atoms with van der Waals surface area (Å²) in [5, 5.41) is 0. The maximum atomic E-state index is 11.0. The number of ether oxygens (including phenoxy) is 2. The Balaban J connectivity index is 1.87. The van der Waals surface area contributed by atoms with Crippen molar-refractivity contribution in [1.29, 1.82) is 0 Å². The zero-order valence-electron chi connectivity index (χ0n) is 14.2. The molecule has 0 bridgehead atoms. The number of amides is 1. The molecular weight excluding hydrogens is 320 g/mol. The monoisotopic (exact) mass is 340 g/mol. The number of aromatic nitrogens is 2. The van der Waals surface area contributed by atoms with Crippen LogP contribution in [-0.4, -0.2) is 48.2 Å². The second-order valence-electron chi connectivity index (χ2n) is 5.84. The van der Waals surface area contributed by atoms with Gasteiger partial charge < -0.3 is 25.1 Å². The van der Waals surface area contributed by atoms with E-state index in [9.17, 15) is 4.79 Å². The first-order valence-electron chi connectivity index (χ1n) is 7.87. The van der Waals surface area contributed by atoms with E-state index in [0.717, 1.165) is 23.4 Å². The van der Waals surface area contributed by atoms with Crippen molar-refractivity contribution < 1.29 is 14.3 Å². The van der Waals surface area contributed by atoms with Gasteiger partial charge in [-0.1, -0.05) is 18.2 Å². The Labute approximate surface area is 145 Å². The standard InChI is InChI=1S/C18H20N4O3/c1-22(2)9-10-24-13-6-3-5-12(11-13)17-20-14-7-4-8-15(16(14)21-17)25-18(19)23/h3-8,11H,9-10H2,1-2H3,(H2,19,23)(H,20,21). The molecule has 3 N–H and O–H groups in total. The predicted molar refractivity (Wildman–Crippen MR) is 95.8 cm³/mol. The Morgan fingerprint density at radius 1 is 1.24 bits per heavy atom. The molecule has 0 atom stereocenters. The third kappa shape index (κ3) is 4.07. The van der Waals surface area contributed by atoms with E-state index in [4.69, 9.17) is 15.2 Å². The molecule has 7 nitrogen and oxygen atoms in total.